The van der Waals surface area contributed by atoms with E-state index in [9.17, 15) is 19.7 Å². The lowest BCUT2D eigenvalue weighted by atomic mass is 10.2. The van der Waals surface area contributed by atoms with E-state index in [1.807, 2.05) is 30.3 Å². The molecule has 0 aliphatic carbocycles. The molecule has 0 aliphatic heterocycles. The van der Waals surface area contributed by atoms with Crippen molar-refractivity contribution in [1.29, 1.82) is 0 Å². The Hall–Kier alpha value is -2.87. The Morgan fingerprint density at radius 3 is 2.56 bits per heavy atom. The molecule has 0 radical (unpaired) electrons. The van der Waals surface area contributed by atoms with Crippen LogP contribution in [0.15, 0.2) is 53.4 Å². The standard InChI is InChI=1S/C17H16N2O5S/c1-24-16(20)10-18-17(21)14-8-7-13(19(22)23)9-15(14)25-11-12-5-3-2-4-6-12/h2-9H,10-11H2,1H3,(H,18,21). The monoisotopic (exact) mass is 360 g/mol. The van der Waals surface area contributed by atoms with Crippen molar-refractivity contribution in [2.75, 3.05) is 13.7 Å². The SMILES string of the molecule is COC(=O)CNC(=O)c1ccc([N+](=O)[O-])cc1SCc1ccccc1. The zero-order valence-electron chi connectivity index (χ0n) is 13.4. The predicted molar refractivity (Wildman–Crippen MR) is 93.4 cm³/mol. The van der Waals surface area contributed by atoms with Gasteiger partial charge in [-0.05, 0) is 11.6 Å². The molecule has 0 unspecified atom stereocenters. The maximum atomic E-state index is 12.3. The highest BCUT2D eigenvalue weighted by molar-refractivity contribution is 7.98. The van der Waals surface area contributed by atoms with E-state index in [0.717, 1.165) is 5.56 Å². The van der Waals surface area contributed by atoms with Crippen LogP contribution in [0.4, 0.5) is 5.69 Å². The van der Waals surface area contributed by atoms with E-state index in [4.69, 9.17) is 0 Å². The summed E-state index contributed by atoms with van der Waals surface area (Å²) in [5.41, 5.74) is 1.20. The molecule has 25 heavy (non-hydrogen) atoms. The lowest BCUT2D eigenvalue weighted by molar-refractivity contribution is -0.385. The topological polar surface area (TPSA) is 98.5 Å². The molecule has 2 aromatic carbocycles. The number of carbonyl (C=O) groups is 2. The largest absolute Gasteiger partial charge is 0.468 e. The van der Waals surface area contributed by atoms with Gasteiger partial charge in [-0.1, -0.05) is 30.3 Å². The van der Waals surface area contributed by atoms with E-state index in [2.05, 4.69) is 10.1 Å². The van der Waals surface area contributed by atoms with Crippen molar-refractivity contribution in [2.24, 2.45) is 0 Å². The fourth-order valence-electron chi connectivity index (χ4n) is 1.99. The van der Waals surface area contributed by atoms with E-state index in [-0.39, 0.29) is 17.8 Å². The van der Waals surface area contributed by atoms with Gasteiger partial charge < -0.3 is 10.1 Å². The minimum absolute atomic E-state index is 0.0971. The number of amides is 1. The molecule has 1 N–H and O–H groups in total. The molecule has 130 valence electrons. The minimum Gasteiger partial charge on any atom is -0.468 e. The summed E-state index contributed by atoms with van der Waals surface area (Å²) < 4.78 is 4.47. The summed E-state index contributed by atoms with van der Waals surface area (Å²) in [7, 11) is 1.22. The highest BCUT2D eigenvalue weighted by Crippen LogP contribution is 2.30. The predicted octanol–water partition coefficient (Wildman–Crippen LogP) is 2.79. The number of ether oxygens (including phenoxy) is 1. The first kappa shape index (κ1) is 18.5. The molecule has 1 amide bonds. The van der Waals surface area contributed by atoms with Crippen LogP contribution in [0.3, 0.4) is 0 Å². The van der Waals surface area contributed by atoms with Crippen LogP contribution in [0.1, 0.15) is 15.9 Å². The number of nitro groups is 1. The van der Waals surface area contributed by atoms with Crippen LogP contribution < -0.4 is 5.32 Å². The number of non-ortho nitro benzene ring substituents is 1. The van der Waals surface area contributed by atoms with E-state index >= 15 is 0 Å². The molecule has 8 heteroatoms. The average molecular weight is 360 g/mol. The van der Waals surface area contributed by atoms with Gasteiger partial charge in [0, 0.05) is 22.8 Å². The highest BCUT2D eigenvalue weighted by Gasteiger charge is 2.17. The van der Waals surface area contributed by atoms with Gasteiger partial charge in [-0.2, -0.15) is 0 Å². The van der Waals surface area contributed by atoms with Gasteiger partial charge in [-0.25, -0.2) is 0 Å². The fourth-order valence-corrected chi connectivity index (χ4v) is 3.02. The molecular weight excluding hydrogens is 344 g/mol. The van der Waals surface area contributed by atoms with Crippen molar-refractivity contribution in [2.45, 2.75) is 10.6 Å². The van der Waals surface area contributed by atoms with Gasteiger partial charge in [-0.3, -0.25) is 19.7 Å². The van der Waals surface area contributed by atoms with Crippen molar-refractivity contribution in [3.63, 3.8) is 0 Å². The third-order valence-electron chi connectivity index (χ3n) is 3.28. The smallest absolute Gasteiger partial charge is 0.325 e. The molecule has 2 rings (SSSR count). The second-order valence-corrected chi connectivity index (χ2v) is 5.99. The van der Waals surface area contributed by atoms with Crippen LogP contribution >= 0.6 is 11.8 Å². The van der Waals surface area contributed by atoms with E-state index in [1.54, 1.807) is 0 Å². The number of methoxy groups -OCH3 is 1. The number of esters is 1. The quantitative estimate of drug-likeness (QED) is 0.353. The Bertz CT molecular complexity index is 780. The normalized spacial score (nSPS) is 10.1. The zero-order valence-corrected chi connectivity index (χ0v) is 14.2. The second-order valence-electron chi connectivity index (χ2n) is 4.97. The highest BCUT2D eigenvalue weighted by atomic mass is 32.2. The van der Waals surface area contributed by atoms with Gasteiger partial charge in [0.05, 0.1) is 17.6 Å². The number of nitro benzene ring substituents is 1. The summed E-state index contributed by atoms with van der Waals surface area (Å²) in [4.78, 5) is 34.4. The number of nitrogens with zero attached hydrogens (tertiary/aromatic N) is 1. The van der Waals surface area contributed by atoms with Gasteiger partial charge in [0.15, 0.2) is 0 Å². The Labute approximate surface area is 148 Å². The molecule has 0 atom stereocenters. The van der Waals surface area contributed by atoms with Crippen molar-refractivity contribution >= 4 is 29.3 Å². The number of benzene rings is 2. The Morgan fingerprint density at radius 2 is 1.92 bits per heavy atom. The number of nitrogens with one attached hydrogen (secondary N) is 1. The first-order chi connectivity index (χ1) is 12.0. The van der Waals surface area contributed by atoms with Gasteiger partial charge in [0.2, 0.25) is 0 Å². The molecular formula is C17H16N2O5S. The summed E-state index contributed by atoms with van der Waals surface area (Å²) >= 11 is 1.32. The molecule has 7 nitrogen and oxygen atoms in total. The van der Waals surface area contributed by atoms with Crippen LogP contribution in [-0.2, 0) is 15.3 Å². The fraction of sp³-hybridized carbons (Fsp3) is 0.176. The first-order valence-corrected chi connectivity index (χ1v) is 8.30. The van der Waals surface area contributed by atoms with E-state index in [1.165, 1.54) is 37.1 Å². The van der Waals surface area contributed by atoms with Gasteiger partial charge in [0.25, 0.3) is 11.6 Å². The minimum atomic E-state index is -0.575. The van der Waals surface area contributed by atoms with E-state index in [0.29, 0.717) is 10.6 Å². The molecule has 0 saturated carbocycles. The van der Waals surface area contributed by atoms with Crippen LogP contribution in [-0.4, -0.2) is 30.5 Å². The van der Waals surface area contributed by atoms with E-state index < -0.39 is 16.8 Å². The number of carbonyl (C=O) groups excluding carboxylic acids is 2. The zero-order chi connectivity index (χ0) is 18.2. The number of hydrogen-bond donors (Lipinski definition) is 1. The Balaban J connectivity index is 2.20. The number of hydrogen-bond acceptors (Lipinski definition) is 6. The maximum Gasteiger partial charge on any atom is 0.325 e. The molecule has 0 aromatic heterocycles. The molecule has 0 fully saturated rings. The lowest BCUT2D eigenvalue weighted by Gasteiger charge is -2.10. The Kier molecular flexibility index (Phi) is 6.53. The maximum absolute atomic E-state index is 12.3. The average Bonchev–Trinajstić information content (AvgIpc) is 2.64. The number of rotatable bonds is 7. The van der Waals surface area contributed by atoms with Crippen LogP contribution in [0.2, 0.25) is 0 Å². The first-order valence-electron chi connectivity index (χ1n) is 7.31. The van der Waals surface area contributed by atoms with Gasteiger partial charge in [0.1, 0.15) is 6.54 Å². The molecule has 2 aromatic rings. The van der Waals surface area contributed by atoms with Crippen molar-refractivity contribution in [1.82, 2.24) is 5.32 Å². The summed E-state index contributed by atoms with van der Waals surface area (Å²) in [6.45, 7) is -0.269. The van der Waals surface area contributed by atoms with Crippen LogP contribution in [0.25, 0.3) is 0 Å². The molecule has 0 saturated heterocycles. The van der Waals surface area contributed by atoms with Gasteiger partial charge >= 0.3 is 5.97 Å². The second kappa shape index (κ2) is 8.84. The van der Waals surface area contributed by atoms with Crippen LogP contribution in [0.5, 0.6) is 0 Å². The number of thioether (sulfide) groups is 1. The molecule has 0 heterocycles. The van der Waals surface area contributed by atoms with Crippen LogP contribution in [0, 0.1) is 10.1 Å². The Morgan fingerprint density at radius 1 is 1.20 bits per heavy atom. The molecule has 0 aliphatic rings. The molecule has 0 bridgehead atoms. The summed E-state index contributed by atoms with van der Waals surface area (Å²) in [6.07, 6.45) is 0. The van der Waals surface area contributed by atoms with Crippen molar-refractivity contribution in [3.8, 4) is 0 Å². The van der Waals surface area contributed by atoms with Crippen molar-refractivity contribution in [3.05, 3.63) is 69.8 Å². The van der Waals surface area contributed by atoms with Crippen molar-refractivity contribution < 1.29 is 19.2 Å². The third kappa shape index (κ3) is 5.32. The summed E-state index contributed by atoms with van der Waals surface area (Å²) in [5, 5.41) is 13.4. The summed E-state index contributed by atoms with van der Waals surface area (Å²) in [5.74, 6) is -0.510. The van der Waals surface area contributed by atoms with Gasteiger partial charge in [-0.15, -0.1) is 11.8 Å². The lowest BCUT2D eigenvalue weighted by Crippen LogP contribution is -2.30. The third-order valence-corrected chi connectivity index (χ3v) is 4.41. The molecule has 0 spiro atoms. The summed E-state index contributed by atoms with van der Waals surface area (Å²) in [6, 6.07) is 13.6.